The highest BCUT2D eigenvalue weighted by Crippen LogP contribution is 2.22. The number of hydrogen-bond donors (Lipinski definition) is 1. The topological polar surface area (TPSA) is 49.4 Å². The van der Waals surface area contributed by atoms with Crippen molar-refractivity contribution in [3.63, 3.8) is 0 Å². The predicted molar refractivity (Wildman–Crippen MR) is 103 cm³/mol. The van der Waals surface area contributed by atoms with Gasteiger partial charge in [-0.1, -0.05) is 23.8 Å². The fourth-order valence-electron chi connectivity index (χ4n) is 2.81. The van der Waals surface area contributed by atoms with E-state index in [9.17, 15) is 9.59 Å². The normalized spacial score (nSPS) is 10.4. The molecule has 0 aliphatic heterocycles. The minimum Gasteiger partial charge on any atom is -0.326 e. The number of carbonyl (C=O) groups excluding carboxylic acids is 2. The van der Waals surface area contributed by atoms with E-state index in [2.05, 4.69) is 5.32 Å². The fraction of sp³-hybridized carbons (Fsp3) is 0.333. The molecule has 2 aromatic carbocycles. The second kappa shape index (κ2) is 7.97. The first-order valence-corrected chi connectivity index (χ1v) is 8.50. The summed E-state index contributed by atoms with van der Waals surface area (Å²) < 4.78 is 0. The van der Waals surface area contributed by atoms with Gasteiger partial charge in [-0.3, -0.25) is 9.59 Å². The van der Waals surface area contributed by atoms with E-state index >= 15 is 0 Å². The van der Waals surface area contributed by atoms with Gasteiger partial charge in [-0.05, 0) is 62.6 Å². The van der Waals surface area contributed by atoms with Crippen molar-refractivity contribution in [3.05, 3.63) is 58.7 Å². The molecule has 0 radical (unpaired) electrons. The Balaban J connectivity index is 2.04. The van der Waals surface area contributed by atoms with Gasteiger partial charge >= 0.3 is 0 Å². The number of carbonyl (C=O) groups is 2. The quantitative estimate of drug-likeness (QED) is 0.883. The Morgan fingerprint density at radius 3 is 2.24 bits per heavy atom. The molecule has 1 N–H and O–H groups in total. The summed E-state index contributed by atoms with van der Waals surface area (Å²) in [6.07, 6.45) is 0.250. The molecular weight excluding hydrogens is 312 g/mol. The minimum absolute atomic E-state index is 0.0640. The molecule has 0 aliphatic carbocycles. The van der Waals surface area contributed by atoms with Crippen molar-refractivity contribution < 1.29 is 9.59 Å². The Bertz CT molecular complexity index is 796. The van der Waals surface area contributed by atoms with Crippen LogP contribution in [-0.4, -0.2) is 18.4 Å². The highest BCUT2D eigenvalue weighted by atomic mass is 16.2. The lowest BCUT2D eigenvalue weighted by Crippen LogP contribution is -2.32. The lowest BCUT2D eigenvalue weighted by molar-refractivity contribution is -0.117. The number of hydrogen-bond acceptors (Lipinski definition) is 2. The summed E-state index contributed by atoms with van der Waals surface area (Å²) in [5.74, 6) is -0.162. The highest BCUT2D eigenvalue weighted by Gasteiger charge is 2.15. The van der Waals surface area contributed by atoms with Crippen molar-refractivity contribution in [1.82, 2.24) is 0 Å². The smallest absolute Gasteiger partial charge is 0.226 e. The number of aryl methyl sites for hydroxylation is 4. The van der Waals surface area contributed by atoms with Gasteiger partial charge in [0.05, 0.1) is 0 Å². The third-order valence-electron chi connectivity index (χ3n) is 4.38. The molecule has 0 saturated carbocycles. The average molecular weight is 338 g/mol. The first-order chi connectivity index (χ1) is 11.8. The Labute approximate surface area is 149 Å². The van der Waals surface area contributed by atoms with Crippen molar-refractivity contribution in [2.75, 3.05) is 16.8 Å². The zero-order valence-electron chi connectivity index (χ0n) is 15.6. The number of anilines is 2. The van der Waals surface area contributed by atoms with Gasteiger partial charge in [0.25, 0.3) is 0 Å². The molecule has 2 aromatic rings. The molecule has 0 aliphatic rings. The second-order valence-corrected chi connectivity index (χ2v) is 6.56. The Morgan fingerprint density at radius 2 is 1.64 bits per heavy atom. The van der Waals surface area contributed by atoms with Crippen LogP contribution in [0, 0.1) is 27.7 Å². The van der Waals surface area contributed by atoms with Crippen LogP contribution < -0.4 is 10.2 Å². The van der Waals surface area contributed by atoms with Crippen LogP contribution >= 0.6 is 0 Å². The van der Waals surface area contributed by atoms with E-state index in [1.807, 2.05) is 64.1 Å². The highest BCUT2D eigenvalue weighted by molar-refractivity contribution is 5.95. The fourth-order valence-corrected chi connectivity index (χ4v) is 2.81. The number of amides is 2. The number of nitrogens with zero attached hydrogens (tertiary/aromatic N) is 1. The maximum absolute atomic E-state index is 12.3. The molecule has 2 amide bonds. The molecule has 0 fully saturated rings. The van der Waals surface area contributed by atoms with Crippen LogP contribution in [0.15, 0.2) is 36.4 Å². The number of benzene rings is 2. The summed E-state index contributed by atoms with van der Waals surface area (Å²) in [5.41, 5.74) is 6.15. The van der Waals surface area contributed by atoms with Crippen molar-refractivity contribution >= 4 is 23.2 Å². The van der Waals surface area contributed by atoms with Crippen LogP contribution in [0.2, 0.25) is 0 Å². The lowest BCUT2D eigenvalue weighted by Gasteiger charge is -2.23. The maximum Gasteiger partial charge on any atom is 0.226 e. The maximum atomic E-state index is 12.3. The molecule has 0 heterocycles. The van der Waals surface area contributed by atoms with Gasteiger partial charge in [0.2, 0.25) is 11.8 Å². The van der Waals surface area contributed by atoms with Crippen molar-refractivity contribution in [2.45, 2.75) is 41.0 Å². The molecule has 25 heavy (non-hydrogen) atoms. The van der Waals surface area contributed by atoms with E-state index in [-0.39, 0.29) is 18.2 Å². The average Bonchev–Trinajstić information content (AvgIpc) is 2.52. The third kappa shape index (κ3) is 4.92. The van der Waals surface area contributed by atoms with Gasteiger partial charge in [-0.15, -0.1) is 0 Å². The summed E-state index contributed by atoms with van der Waals surface area (Å²) in [5, 5.41) is 2.90. The zero-order valence-corrected chi connectivity index (χ0v) is 15.6. The number of nitrogens with one attached hydrogen (secondary N) is 1. The molecule has 0 saturated heterocycles. The third-order valence-corrected chi connectivity index (χ3v) is 4.38. The van der Waals surface area contributed by atoms with Crippen LogP contribution in [0.5, 0.6) is 0 Å². The predicted octanol–water partition coefficient (Wildman–Crippen LogP) is 4.30. The van der Waals surface area contributed by atoms with Gasteiger partial charge in [0.15, 0.2) is 0 Å². The minimum atomic E-state index is -0.0979. The molecular formula is C21H26N2O2. The molecule has 0 spiro atoms. The zero-order chi connectivity index (χ0) is 18.6. The van der Waals surface area contributed by atoms with E-state index in [1.165, 1.54) is 12.5 Å². The van der Waals surface area contributed by atoms with E-state index in [0.29, 0.717) is 6.54 Å². The molecule has 4 nitrogen and oxygen atoms in total. The summed E-state index contributed by atoms with van der Waals surface area (Å²) in [4.78, 5) is 25.9. The molecule has 0 bridgehead atoms. The van der Waals surface area contributed by atoms with Crippen LogP contribution in [-0.2, 0) is 9.59 Å². The summed E-state index contributed by atoms with van der Waals surface area (Å²) in [6.45, 7) is 9.94. The first kappa shape index (κ1) is 18.7. The van der Waals surface area contributed by atoms with E-state index in [4.69, 9.17) is 0 Å². The van der Waals surface area contributed by atoms with E-state index in [0.717, 1.165) is 28.1 Å². The van der Waals surface area contributed by atoms with E-state index < -0.39 is 0 Å². The van der Waals surface area contributed by atoms with Crippen LogP contribution in [0.1, 0.15) is 35.6 Å². The first-order valence-electron chi connectivity index (χ1n) is 8.50. The summed E-state index contributed by atoms with van der Waals surface area (Å²) >= 11 is 0. The second-order valence-electron chi connectivity index (χ2n) is 6.56. The van der Waals surface area contributed by atoms with Crippen molar-refractivity contribution in [2.24, 2.45) is 0 Å². The Kier molecular flexibility index (Phi) is 5.97. The van der Waals surface area contributed by atoms with Gasteiger partial charge in [-0.25, -0.2) is 0 Å². The van der Waals surface area contributed by atoms with Crippen molar-refractivity contribution in [1.29, 1.82) is 0 Å². The Morgan fingerprint density at radius 1 is 0.920 bits per heavy atom. The number of rotatable bonds is 5. The molecule has 0 aromatic heterocycles. The molecule has 4 heteroatoms. The monoisotopic (exact) mass is 338 g/mol. The van der Waals surface area contributed by atoms with Crippen molar-refractivity contribution in [3.8, 4) is 0 Å². The Hall–Kier alpha value is -2.62. The SMILES string of the molecule is CC(=O)N(CCC(=O)Nc1ccc(C)c(C)c1)c1ccc(C)cc1C. The van der Waals surface area contributed by atoms with Crippen LogP contribution in [0.4, 0.5) is 11.4 Å². The molecule has 0 unspecified atom stereocenters. The van der Waals surface area contributed by atoms with Crippen LogP contribution in [0.25, 0.3) is 0 Å². The molecule has 0 atom stereocenters. The van der Waals surface area contributed by atoms with Crippen LogP contribution in [0.3, 0.4) is 0 Å². The standard InChI is InChI=1S/C21H26N2O2/c1-14-6-9-20(17(4)12-14)23(18(5)24)11-10-21(25)22-19-8-7-15(2)16(3)13-19/h6-9,12-13H,10-11H2,1-5H3,(H,22,25). The lowest BCUT2D eigenvalue weighted by atomic mass is 10.1. The van der Waals surface area contributed by atoms with Gasteiger partial charge in [0.1, 0.15) is 0 Å². The van der Waals surface area contributed by atoms with Gasteiger partial charge in [0, 0.05) is 31.3 Å². The van der Waals surface area contributed by atoms with E-state index in [1.54, 1.807) is 4.90 Å². The van der Waals surface area contributed by atoms with Gasteiger partial charge in [-0.2, -0.15) is 0 Å². The summed E-state index contributed by atoms with van der Waals surface area (Å²) in [6, 6.07) is 11.8. The summed E-state index contributed by atoms with van der Waals surface area (Å²) in [7, 11) is 0. The molecule has 2 rings (SSSR count). The largest absolute Gasteiger partial charge is 0.326 e. The van der Waals surface area contributed by atoms with Gasteiger partial charge < -0.3 is 10.2 Å². The molecule has 132 valence electrons.